The molecule has 4 aromatic carbocycles. The molecule has 0 unspecified atom stereocenters. The summed E-state index contributed by atoms with van der Waals surface area (Å²) in [6, 6.07) is 29.1. The summed E-state index contributed by atoms with van der Waals surface area (Å²) in [4.78, 5) is 20.7. The zero-order valence-corrected chi connectivity index (χ0v) is 28.2. The monoisotopic (exact) mass is 749 g/mol. The van der Waals surface area contributed by atoms with Gasteiger partial charge in [-0.2, -0.15) is 0 Å². The van der Waals surface area contributed by atoms with E-state index in [1.165, 1.54) is 16.4 Å². The number of ether oxygens (including phenoxy) is 1. The number of amides is 1. The normalized spacial score (nSPS) is 13.0. The van der Waals surface area contributed by atoms with Crippen LogP contribution in [-0.4, -0.2) is 41.4 Å². The highest BCUT2D eigenvalue weighted by molar-refractivity contribution is 14.1. The Balaban J connectivity index is 1.54. The van der Waals surface area contributed by atoms with Gasteiger partial charge in [0.05, 0.1) is 17.0 Å². The number of aromatic nitrogens is 1. The second kappa shape index (κ2) is 13.8. The minimum atomic E-state index is -3.73. The Hall–Kier alpha value is -4.03. The van der Waals surface area contributed by atoms with Crippen molar-refractivity contribution in [3.05, 3.63) is 137 Å². The third-order valence-electron chi connectivity index (χ3n) is 8.19. The van der Waals surface area contributed by atoms with Gasteiger partial charge in [-0.05, 0) is 58.2 Å². The Morgan fingerprint density at radius 1 is 0.935 bits per heavy atom. The van der Waals surface area contributed by atoms with Crippen LogP contribution in [0, 0.1) is 5.82 Å². The van der Waals surface area contributed by atoms with Crippen molar-refractivity contribution in [2.45, 2.75) is 32.0 Å². The molecular formula is C36H33FIN3O4S. The maximum absolute atomic E-state index is 14.4. The smallest absolute Gasteiger partial charge is 0.258 e. The van der Waals surface area contributed by atoms with Crippen molar-refractivity contribution in [2.75, 3.05) is 21.5 Å². The number of unbranched alkanes of at least 4 members (excludes halogenated alkanes) is 1. The molecule has 0 bridgehead atoms. The van der Waals surface area contributed by atoms with Crippen molar-refractivity contribution in [1.82, 2.24) is 9.88 Å². The zero-order chi connectivity index (χ0) is 32.3. The number of hydrogen-bond acceptors (Lipinski definition) is 5. The first-order valence-electron chi connectivity index (χ1n) is 15.0. The highest BCUT2D eigenvalue weighted by Gasteiger charge is 2.39. The van der Waals surface area contributed by atoms with E-state index in [0.717, 1.165) is 27.5 Å². The van der Waals surface area contributed by atoms with Crippen LogP contribution in [0.2, 0.25) is 0 Å². The molecule has 0 saturated carbocycles. The number of pyridine rings is 1. The van der Waals surface area contributed by atoms with Crippen LogP contribution in [0.3, 0.4) is 0 Å². The lowest BCUT2D eigenvalue weighted by Gasteiger charge is -2.27. The fourth-order valence-corrected chi connectivity index (χ4v) is 7.75. The highest BCUT2D eigenvalue weighted by atomic mass is 127. The topological polar surface area (TPSA) is 79.8 Å². The van der Waals surface area contributed by atoms with Gasteiger partial charge in [0.1, 0.15) is 17.4 Å². The third-order valence-corrected chi connectivity index (χ3v) is 10.8. The molecular weight excluding hydrogens is 716 g/mol. The lowest BCUT2D eigenvalue weighted by Crippen LogP contribution is -2.30. The first-order chi connectivity index (χ1) is 22.3. The minimum Gasteiger partial charge on any atom is -0.478 e. The van der Waals surface area contributed by atoms with Gasteiger partial charge in [-0.25, -0.2) is 12.8 Å². The highest BCUT2D eigenvalue weighted by Crippen LogP contribution is 2.47. The molecule has 0 aliphatic carbocycles. The van der Waals surface area contributed by atoms with Gasteiger partial charge in [-0.15, -0.1) is 0 Å². The maximum Gasteiger partial charge on any atom is 0.258 e. The van der Waals surface area contributed by atoms with Crippen LogP contribution in [0.15, 0.2) is 103 Å². The molecule has 0 N–H and O–H groups in total. The fraction of sp³-hybridized carbons (Fsp3) is 0.222. The van der Waals surface area contributed by atoms with Gasteiger partial charge in [0, 0.05) is 37.3 Å². The van der Waals surface area contributed by atoms with Gasteiger partial charge in [0.2, 0.25) is 10.0 Å². The Bertz CT molecular complexity index is 1920. The van der Waals surface area contributed by atoms with E-state index in [1.807, 2.05) is 66.7 Å². The molecule has 1 aliphatic rings. The van der Waals surface area contributed by atoms with E-state index in [9.17, 15) is 17.6 Å². The largest absolute Gasteiger partial charge is 0.478 e. The number of benzene rings is 4. The van der Waals surface area contributed by atoms with Crippen LogP contribution in [0.1, 0.15) is 51.6 Å². The first-order valence-corrected chi connectivity index (χ1v) is 18.2. The maximum atomic E-state index is 14.4. The van der Waals surface area contributed by atoms with E-state index in [4.69, 9.17) is 9.72 Å². The molecule has 236 valence electrons. The molecule has 1 aliphatic heterocycles. The van der Waals surface area contributed by atoms with Crippen LogP contribution in [0.25, 0.3) is 10.9 Å². The van der Waals surface area contributed by atoms with Crippen molar-refractivity contribution in [3.8, 4) is 5.75 Å². The molecule has 2 heterocycles. The molecule has 0 fully saturated rings. The Kier molecular flexibility index (Phi) is 9.55. The molecule has 10 heteroatoms. The number of carbonyl (C=O) groups is 1. The summed E-state index contributed by atoms with van der Waals surface area (Å²) >= 11 is 2.25. The molecule has 6 rings (SSSR count). The lowest BCUT2D eigenvalue weighted by molar-refractivity contribution is 0.0762. The summed E-state index contributed by atoms with van der Waals surface area (Å²) in [6.45, 7) is 0.362. The summed E-state index contributed by atoms with van der Waals surface area (Å²) in [5.74, 6) is -0.385. The summed E-state index contributed by atoms with van der Waals surface area (Å²) in [6.07, 6.45) is 2.36. The van der Waals surface area contributed by atoms with Gasteiger partial charge in [0.15, 0.2) is 5.75 Å². The van der Waals surface area contributed by atoms with Crippen LogP contribution in [-0.2, 0) is 23.1 Å². The van der Waals surface area contributed by atoms with E-state index in [0.29, 0.717) is 34.3 Å². The number of anilines is 1. The quantitative estimate of drug-likeness (QED) is 0.0744. The number of carbonyl (C=O) groups excluding carboxylic acids is 1. The van der Waals surface area contributed by atoms with E-state index >= 15 is 0 Å². The van der Waals surface area contributed by atoms with Gasteiger partial charge in [0.25, 0.3) is 5.91 Å². The van der Waals surface area contributed by atoms with Crippen LogP contribution in [0.4, 0.5) is 10.1 Å². The molecule has 7 nitrogen and oxygen atoms in total. The molecule has 1 aromatic heterocycles. The standard InChI is InChI=1S/C36H33FIN3O4S/c1-40(46(43,44)22-9-8-20-38)33-29-15-10-21-39-32(29)35(45-34(26-11-4-2-5-12-26)27-13-6-3-7-14-27)31-30(33)24-41(36(31)42)23-25-16-18-28(37)19-17-25/h2-7,10-19,21,34H,8-9,20,22-24H2,1H3. The van der Waals surface area contributed by atoms with Crippen LogP contribution < -0.4 is 9.04 Å². The van der Waals surface area contributed by atoms with Crippen molar-refractivity contribution < 1.29 is 22.3 Å². The number of nitrogens with zero attached hydrogens (tertiary/aromatic N) is 3. The minimum absolute atomic E-state index is 0.0153. The average molecular weight is 750 g/mol. The van der Waals surface area contributed by atoms with E-state index in [-0.39, 0.29) is 36.1 Å². The summed E-state index contributed by atoms with van der Waals surface area (Å²) in [7, 11) is -2.18. The first kappa shape index (κ1) is 31.9. The summed E-state index contributed by atoms with van der Waals surface area (Å²) in [5, 5.41) is 0.576. The van der Waals surface area contributed by atoms with Gasteiger partial charge < -0.3 is 9.64 Å². The zero-order valence-electron chi connectivity index (χ0n) is 25.3. The predicted molar refractivity (Wildman–Crippen MR) is 187 cm³/mol. The van der Waals surface area contributed by atoms with Gasteiger partial charge in [-0.3, -0.25) is 14.1 Å². The summed E-state index contributed by atoms with van der Waals surface area (Å²) in [5.41, 5.74) is 4.20. The second-order valence-electron chi connectivity index (χ2n) is 11.2. The van der Waals surface area contributed by atoms with E-state index in [2.05, 4.69) is 22.6 Å². The second-order valence-corrected chi connectivity index (χ2v) is 14.4. The van der Waals surface area contributed by atoms with E-state index < -0.39 is 16.1 Å². The Labute approximate surface area is 282 Å². The molecule has 0 spiro atoms. The molecule has 1 amide bonds. The Morgan fingerprint density at radius 2 is 1.59 bits per heavy atom. The summed E-state index contributed by atoms with van der Waals surface area (Å²) < 4.78 is 50.2. The lowest BCUT2D eigenvalue weighted by atomic mass is 9.99. The molecule has 5 aromatic rings. The Morgan fingerprint density at radius 3 is 2.22 bits per heavy atom. The number of hydrogen-bond donors (Lipinski definition) is 0. The number of rotatable bonds is 12. The van der Waals surface area contributed by atoms with Crippen LogP contribution >= 0.6 is 22.6 Å². The molecule has 0 radical (unpaired) electrons. The average Bonchev–Trinajstić information content (AvgIpc) is 3.39. The fourth-order valence-electron chi connectivity index (χ4n) is 5.88. The number of fused-ring (bicyclic) bond motifs is 2. The molecule has 0 atom stereocenters. The van der Waals surface area contributed by atoms with E-state index in [1.54, 1.807) is 36.3 Å². The van der Waals surface area contributed by atoms with Crippen molar-refractivity contribution >= 4 is 55.1 Å². The van der Waals surface area contributed by atoms with Crippen molar-refractivity contribution in [2.24, 2.45) is 0 Å². The molecule has 46 heavy (non-hydrogen) atoms. The number of sulfonamides is 1. The van der Waals surface area contributed by atoms with Crippen molar-refractivity contribution in [1.29, 1.82) is 0 Å². The molecule has 0 saturated heterocycles. The predicted octanol–water partition coefficient (Wildman–Crippen LogP) is 7.68. The van der Waals surface area contributed by atoms with Gasteiger partial charge in [-0.1, -0.05) is 95.4 Å². The van der Waals surface area contributed by atoms with Gasteiger partial charge >= 0.3 is 0 Å². The number of alkyl halides is 1. The van der Waals surface area contributed by atoms with Crippen LogP contribution in [0.5, 0.6) is 5.75 Å². The SMILES string of the molecule is CN(c1c2c(c(OC(c3ccccc3)c3ccccc3)c3ncccc13)C(=O)N(Cc1ccc(F)cc1)C2)S(=O)(=O)CCCCI. The number of halogens is 2. The van der Waals surface area contributed by atoms with Crippen molar-refractivity contribution in [3.63, 3.8) is 0 Å². The third kappa shape index (κ3) is 6.46.